The third-order valence-electron chi connectivity index (χ3n) is 1.36. The molecule has 11 heteroatoms. The van der Waals surface area contributed by atoms with Crippen LogP contribution in [0.4, 0.5) is 10.7 Å². The molecule has 2 amide bonds. The Balaban J connectivity index is 2.82. The number of amides is 2. The molecule has 94 valence electrons. The molecule has 0 radical (unpaired) electrons. The molecule has 0 bridgehead atoms. The second-order valence-electron chi connectivity index (χ2n) is 2.42. The molecule has 1 aromatic rings. The Morgan fingerprint density at radius 3 is 2.18 bits per heavy atom. The first-order chi connectivity index (χ1) is 8.05. The van der Waals surface area contributed by atoms with Gasteiger partial charge in [-0.25, -0.2) is 4.79 Å². The van der Waals surface area contributed by atoms with E-state index in [2.05, 4.69) is 20.3 Å². The number of nitrogens with one attached hydrogen (secondary N) is 2. The topological polar surface area (TPSA) is 138 Å². The van der Waals surface area contributed by atoms with Gasteiger partial charge in [-0.1, -0.05) is 0 Å². The molecule has 1 heterocycles. The number of rotatable bonds is 4. The average molecular weight is 262 g/mol. The molecule has 1 rings (SSSR count). The maximum Gasteiger partial charge on any atom is 0.332 e. The molecule has 0 saturated carbocycles. The molecule has 17 heavy (non-hydrogen) atoms. The number of ether oxygens (including phenoxy) is 2. The maximum absolute atomic E-state index is 11.0. The Kier molecular flexibility index (Phi) is 4.54. The van der Waals surface area contributed by atoms with E-state index in [1.807, 2.05) is 0 Å². The minimum absolute atomic E-state index is 0.0876. The number of carbonyl (C=O) groups excluding carboxylic acids is 1. The van der Waals surface area contributed by atoms with Gasteiger partial charge < -0.3 is 14.0 Å². The number of aromatic nitrogens is 3. The van der Waals surface area contributed by atoms with Gasteiger partial charge in [0, 0.05) is 11.3 Å². The standard InChI is InChI=1S/C6H9N5O5S/c1-15-5-8-3(9-6(10-5)16-2)7-4(12)11-17(13)14/h1-2H3,(H,13,14)(H2,7,8,9,10,11,12)/p-1. The highest BCUT2D eigenvalue weighted by molar-refractivity contribution is 7.77. The van der Waals surface area contributed by atoms with Gasteiger partial charge in [0.15, 0.2) is 0 Å². The highest BCUT2D eigenvalue weighted by atomic mass is 32.2. The van der Waals surface area contributed by atoms with Crippen molar-refractivity contribution in [3.63, 3.8) is 0 Å². The molecule has 0 fully saturated rings. The predicted octanol–water partition coefficient (Wildman–Crippen LogP) is -1.20. The van der Waals surface area contributed by atoms with Crippen molar-refractivity contribution in [2.45, 2.75) is 0 Å². The zero-order valence-electron chi connectivity index (χ0n) is 8.79. The summed E-state index contributed by atoms with van der Waals surface area (Å²) in [5, 5.41) is 2.06. The summed E-state index contributed by atoms with van der Waals surface area (Å²) in [6.45, 7) is 0. The first-order valence-corrected chi connectivity index (χ1v) is 5.13. The minimum Gasteiger partial charge on any atom is -0.755 e. The second-order valence-corrected chi connectivity index (χ2v) is 3.10. The average Bonchev–Trinajstić information content (AvgIpc) is 2.27. The molecule has 0 aliphatic carbocycles. The largest absolute Gasteiger partial charge is 0.755 e. The highest BCUT2D eigenvalue weighted by Gasteiger charge is 2.09. The first-order valence-electron chi connectivity index (χ1n) is 4.06. The van der Waals surface area contributed by atoms with E-state index in [9.17, 15) is 13.6 Å². The summed E-state index contributed by atoms with van der Waals surface area (Å²) in [6, 6.07) is -1.19. The molecular formula is C6H8N5O5S-. The quantitative estimate of drug-likeness (QED) is 0.645. The minimum atomic E-state index is -2.73. The number of hydrogen-bond acceptors (Lipinski definition) is 8. The van der Waals surface area contributed by atoms with Crippen LogP contribution in [-0.2, 0) is 11.3 Å². The van der Waals surface area contributed by atoms with E-state index in [1.165, 1.54) is 14.2 Å². The number of hydrogen-bond donors (Lipinski definition) is 2. The summed E-state index contributed by atoms with van der Waals surface area (Å²) in [4.78, 5) is 22.0. The van der Waals surface area contributed by atoms with Gasteiger partial charge in [0.1, 0.15) is 0 Å². The maximum atomic E-state index is 11.0. The van der Waals surface area contributed by atoms with Crippen LogP contribution in [0.3, 0.4) is 0 Å². The molecule has 1 atom stereocenters. The number of anilines is 1. The normalized spacial score (nSPS) is 11.5. The zero-order chi connectivity index (χ0) is 12.8. The van der Waals surface area contributed by atoms with Gasteiger partial charge in [0.25, 0.3) is 0 Å². The van der Waals surface area contributed by atoms with Crippen LogP contribution in [-0.4, -0.2) is 44.0 Å². The summed E-state index contributed by atoms with van der Waals surface area (Å²) < 4.78 is 31.3. The summed E-state index contributed by atoms with van der Waals surface area (Å²) in [5.41, 5.74) is 0. The van der Waals surface area contributed by atoms with Crippen LogP contribution in [0.1, 0.15) is 0 Å². The van der Waals surface area contributed by atoms with Crippen molar-refractivity contribution < 1.29 is 23.0 Å². The van der Waals surface area contributed by atoms with Crippen molar-refractivity contribution in [2.75, 3.05) is 19.5 Å². The Labute approximate surface area is 98.2 Å². The van der Waals surface area contributed by atoms with E-state index in [0.29, 0.717) is 0 Å². The summed E-state index contributed by atoms with van der Waals surface area (Å²) in [6.07, 6.45) is 0. The molecule has 1 aromatic heterocycles. The fourth-order valence-electron chi connectivity index (χ4n) is 0.779. The number of carbonyl (C=O) groups is 1. The van der Waals surface area contributed by atoms with Gasteiger partial charge in [-0.05, 0) is 0 Å². The van der Waals surface area contributed by atoms with Crippen molar-refractivity contribution in [1.29, 1.82) is 0 Å². The van der Waals surface area contributed by atoms with Crippen LogP contribution >= 0.6 is 0 Å². The van der Waals surface area contributed by atoms with Gasteiger partial charge in [-0.3, -0.25) is 14.2 Å². The SMILES string of the molecule is COc1nc(NC(=O)NS(=O)[O-])nc(OC)n1. The lowest BCUT2D eigenvalue weighted by atomic mass is 10.8. The van der Waals surface area contributed by atoms with Crippen LogP contribution in [0, 0.1) is 0 Å². The Morgan fingerprint density at radius 1 is 1.24 bits per heavy atom. The number of methoxy groups -OCH3 is 2. The summed E-state index contributed by atoms with van der Waals surface area (Å²) in [5.74, 6) is -0.211. The fraction of sp³-hybridized carbons (Fsp3) is 0.333. The fourth-order valence-corrected chi connectivity index (χ4v) is 0.982. The van der Waals surface area contributed by atoms with E-state index < -0.39 is 17.3 Å². The van der Waals surface area contributed by atoms with E-state index in [1.54, 1.807) is 4.72 Å². The molecule has 0 aromatic carbocycles. The third kappa shape index (κ3) is 4.16. The predicted molar refractivity (Wildman–Crippen MR) is 54.0 cm³/mol. The van der Waals surface area contributed by atoms with Crippen molar-refractivity contribution in [3.05, 3.63) is 0 Å². The van der Waals surface area contributed by atoms with E-state index in [-0.39, 0.29) is 18.0 Å². The molecular weight excluding hydrogens is 254 g/mol. The molecule has 10 nitrogen and oxygen atoms in total. The monoisotopic (exact) mass is 262 g/mol. The number of nitrogens with zero attached hydrogens (tertiary/aromatic N) is 3. The van der Waals surface area contributed by atoms with Crippen molar-refractivity contribution >= 4 is 23.2 Å². The van der Waals surface area contributed by atoms with Crippen molar-refractivity contribution in [3.8, 4) is 12.0 Å². The van der Waals surface area contributed by atoms with Gasteiger partial charge in [0.05, 0.1) is 14.2 Å². The lowest BCUT2D eigenvalue weighted by Gasteiger charge is -2.08. The Hall–Kier alpha value is -2.01. The van der Waals surface area contributed by atoms with Crippen molar-refractivity contribution in [1.82, 2.24) is 19.7 Å². The van der Waals surface area contributed by atoms with Crippen LogP contribution in [0.2, 0.25) is 0 Å². The molecule has 2 N–H and O–H groups in total. The summed E-state index contributed by atoms with van der Waals surface area (Å²) >= 11 is -2.73. The van der Waals surface area contributed by atoms with Gasteiger partial charge in [0.2, 0.25) is 5.95 Å². The van der Waals surface area contributed by atoms with Crippen LogP contribution in [0.25, 0.3) is 0 Å². The van der Waals surface area contributed by atoms with E-state index >= 15 is 0 Å². The Bertz CT molecular complexity index is 419. The summed E-state index contributed by atoms with van der Waals surface area (Å²) in [7, 11) is 2.62. The van der Waals surface area contributed by atoms with Crippen LogP contribution in [0.15, 0.2) is 0 Å². The first kappa shape index (κ1) is 13.1. The van der Waals surface area contributed by atoms with E-state index in [4.69, 9.17) is 9.47 Å². The van der Waals surface area contributed by atoms with E-state index in [0.717, 1.165) is 0 Å². The molecule has 0 aliphatic rings. The highest BCUT2D eigenvalue weighted by Crippen LogP contribution is 2.11. The lowest BCUT2D eigenvalue weighted by Crippen LogP contribution is -2.30. The molecule has 0 aliphatic heterocycles. The smallest absolute Gasteiger partial charge is 0.332 e. The molecule has 1 unspecified atom stereocenters. The van der Waals surface area contributed by atoms with Gasteiger partial charge in [-0.2, -0.15) is 9.97 Å². The second kappa shape index (κ2) is 5.91. The molecule has 0 spiro atoms. The third-order valence-corrected chi connectivity index (χ3v) is 1.71. The van der Waals surface area contributed by atoms with Crippen molar-refractivity contribution in [2.24, 2.45) is 0 Å². The van der Waals surface area contributed by atoms with Gasteiger partial charge >= 0.3 is 18.1 Å². The number of urea groups is 1. The van der Waals surface area contributed by atoms with Gasteiger partial charge in [-0.15, -0.1) is 4.98 Å². The lowest BCUT2D eigenvalue weighted by molar-refractivity contribution is 0.256. The molecule has 0 saturated heterocycles. The Morgan fingerprint density at radius 2 is 1.76 bits per heavy atom. The van der Waals surface area contributed by atoms with Crippen LogP contribution in [0.5, 0.6) is 12.0 Å². The van der Waals surface area contributed by atoms with Crippen LogP contribution < -0.4 is 19.5 Å². The zero-order valence-corrected chi connectivity index (χ0v) is 9.61.